The SMILES string of the molecule is COc1ccc(NC(=O)CC2CCCCN(Cc3ccccc3)C2=O)cc1OC. The molecule has 6 nitrogen and oxygen atoms in total. The Morgan fingerprint density at radius 2 is 1.83 bits per heavy atom. The summed E-state index contributed by atoms with van der Waals surface area (Å²) in [6.45, 7) is 1.33. The minimum atomic E-state index is -0.290. The molecule has 29 heavy (non-hydrogen) atoms. The Bertz CT molecular complexity index is 838. The first-order valence-corrected chi connectivity index (χ1v) is 9.95. The van der Waals surface area contributed by atoms with E-state index < -0.39 is 0 Å². The summed E-state index contributed by atoms with van der Waals surface area (Å²) in [4.78, 5) is 27.5. The maximum atomic E-state index is 13.0. The van der Waals surface area contributed by atoms with Crippen LogP contribution in [-0.2, 0) is 16.1 Å². The fourth-order valence-corrected chi connectivity index (χ4v) is 3.69. The van der Waals surface area contributed by atoms with Crippen molar-refractivity contribution in [2.24, 2.45) is 5.92 Å². The van der Waals surface area contributed by atoms with Crippen LogP contribution in [0.5, 0.6) is 11.5 Å². The first kappa shape index (κ1) is 20.7. The van der Waals surface area contributed by atoms with E-state index in [0.717, 1.165) is 31.4 Å². The molecular weight excluding hydrogens is 368 g/mol. The largest absolute Gasteiger partial charge is 0.493 e. The van der Waals surface area contributed by atoms with Crippen LogP contribution in [0.15, 0.2) is 48.5 Å². The van der Waals surface area contributed by atoms with E-state index in [1.165, 1.54) is 0 Å². The number of methoxy groups -OCH3 is 2. The van der Waals surface area contributed by atoms with Crippen LogP contribution in [0.3, 0.4) is 0 Å². The molecule has 1 heterocycles. The Kier molecular flexibility index (Phi) is 7.11. The number of hydrogen-bond donors (Lipinski definition) is 1. The molecule has 3 rings (SSSR count). The van der Waals surface area contributed by atoms with Crippen molar-refractivity contribution in [2.45, 2.75) is 32.2 Å². The lowest BCUT2D eigenvalue weighted by Gasteiger charge is -2.24. The number of nitrogens with one attached hydrogen (secondary N) is 1. The highest BCUT2D eigenvalue weighted by atomic mass is 16.5. The van der Waals surface area contributed by atoms with E-state index in [-0.39, 0.29) is 24.2 Å². The Labute approximate surface area is 171 Å². The van der Waals surface area contributed by atoms with E-state index in [9.17, 15) is 9.59 Å². The molecule has 1 N–H and O–H groups in total. The van der Waals surface area contributed by atoms with E-state index in [0.29, 0.717) is 23.7 Å². The van der Waals surface area contributed by atoms with Crippen LogP contribution in [0.4, 0.5) is 5.69 Å². The third kappa shape index (κ3) is 5.50. The van der Waals surface area contributed by atoms with E-state index >= 15 is 0 Å². The fraction of sp³-hybridized carbons (Fsp3) is 0.391. The smallest absolute Gasteiger partial charge is 0.226 e. The Morgan fingerprint density at radius 3 is 2.55 bits per heavy atom. The molecule has 0 aliphatic carbocycles. The van der Waals surface area contributed by atoms with Crippen LogP contribution in [0.2, 0.25) is 0 Å². The van der Waals surface area contributed by atoms with Gasteiger partial charge in [-0.05, 0) is 30.5 Å². The summed E-state index contributed by atoms with van der Waals surface area (Å²) in [6.07, 6.45) is 2.83. The van der Waals surface area contributed by atoms with E-state index in [4.69, 9.17) is 9.47 Å². The van der Waals surface area contributed by atoms with Crippen molar-refractivity contribution in [3.05, 3.63) is 54.1 Å². The molecule has 2 aromatic rings. The van der Waals surface area contributed by atoms with Gasteiger partial charge in [0, 0.05) is 37.2 Å². The summed E-state index contributed by atoms with van der Waals surface area (Å²) < 4.78 is 10.5. The van der Waals surface area contributed by atoms with Crippen LogP contribution >= 0.6 is 0 Å². The molecule has 1 aliphatic heterocycles. The van der Waals surface area contributed by atoms with Gasteiger partial charge in [-0.2, -0.15) is 0 Å². The highest BCUT2D eigenvalue weighted by Gasteiger charge is 2.29. The zero-order valence-electron chi connectivity index (χ0n) is 17.0. The molecule has 1 saturated heterocycles. The van der Waals surface area contributed by atoms with Gasteiger partial charge in [0.15, 0.2) is 11.5 Å². The molecule has 0 aromatic heterocycles. The zero-order chi connectivity index (χ0) is 20.6. The number of carbonyl (C=O) groups excluding carboxylic acids is 2. The number of ether oxygens (including phenoxy) is 2. The van der Waals surface area contributed by atoms with Gasteiger partial charge >= 0.3 is 0 Å². The van der Waals surface area contributed by atoms with Crippen LogP contribution in [0.1, 0.15) is 31.2 Å². The molecule has 1 fully saturated rings. The summed E-state index contributed by atoms with van der Waals surface area (Å²) >= 11 is 0. The maximum Gasteiger partial charge on any atom is 0.226 e. The van der Waals surface area contributed by atoms with Crippen molar-refractivity contribution in [1.29, 1.82) is 0 Å². The second-order valence-electron chi connectivity index (χ2n) is 7.26. The minimum absolute atomic E-state index is 0.0637. The predicted molar refractivity (Wildman–Crippen MR) is 112 cm³/mol. The number of anilines is 1. The quantitative estimate of drug-likeness (QED) is 0.772. The standard InChI is InChI=1S/C23H28N2O4/c1-28-20-12-11-19(15-21(20)29-2)24-22(26)14-18-10-6-7-13-25(23(18)27)16-17-8-4-3-5-9-17/h3-5,8-9,11-12,15,18H,6-7,10,13-14,16H2,1-2H3,(H,24,26). The van der Waals surface area contributed by atoms with E-state index in [1.807, 2.05) is 35.2 Å². The molecule has 154 valence electrons. The average molecular weight is 396 g/mol. The van der Waals surface area contributed by atoms with Crippen LogP contribution < -0.4 is 14.8 Å². The summed E-state index contributed by atoms with van der Waals surface area (Å²) in [5.41, 5.74) is 1.73. The normalized spacial score (nSPS) is 16.8. The molecule has 0 bridgehead atoms. The summed E-state index contributed by atoms with van der Waals surface area (Å²) in [7, 11) is 3.12. The maximum absolute atomic E-state index is 13.0. The van der Waals surface area contributed by atoms with Crippen molar-refractivity contribution in [2.75, 3.05) is 26.1 Å². The molecule has 0 saturated carbocycles. The van der Waals surface area contributed by atoms with E-state index in [1.54, 1.807) is 32.4 Å². The number of carbonyl (C=O) groups is 2. The van der Waals surface area contributed by atoms with Gasteiger partial charge in [-0.25, -0.2) is 0 Å². The van der Waals surface area contributed by atoms with Gasteiger partial charge in [-0.3, -0.25) is 9.59 Å². The molecule has 1 atom stereocenters. The lowest BCUT2D eigenvalue weighted by Crippen LogP contribution is -2.36. The number of likely N-dealkylation sites (tertiary alicyclic amines) is 1. The van der Waals surface area contributed by atoms with E-state index in [2.05, 4.69) is 5.32 Å². The van der Waals surface area contributed by atoms with Gasteiger partial charge in [-0.1, -0.05) is 36.8 Å². The summed E-state index contributed by atoms with van der Waals surface area (Å²) in [5, 5.41) is 2.88. The monoisotopic (exact) mass is 396 g/mol. The van der Waals surface area contributed by atoms with Crippen molar-refractivity contribution >= 4 is 17.5 Å². The van der Waals surface area contributed by atoms with Crippen molar-refractivity contribution in [3.63, 3.8) is 0 Å². The second kappa shape index (κ2) is 9.96. The van der Waals surface area contributed by atoms with Gasteiger partial charge in [0.05, 0.1) is 14.2 Å². The van der Waals surface area contributed by atoms with Crippen LogP contribution in [-0.4, -0.2) is 37.5 Å². The average Bonchev–Trinajstić information content (AvgIpc) is 2.90. The van der Waals surface area contributed by atoms with Gasteiger partial charge in [0.2, 0.25) is 11.8 Å². The molecule has 1 unspecified atom stereocenters. The first-order chi connectivity index (χ1) is 14.1. The number of benzene rings is 2. The van der Waals surface area contributed by atoms with Gasteiger partial charge in [-0.15, -0.1) is 0 Å². The molecular formula is C23H28N2O4. The molecule has 2 amide bonds. The lowest BCUT2D eigenvalue weighted by atomic mass is 9.98. The Hall–Kier alpha value is -3.02. The van der Waals surface area contributed by atoms with Crippen LogP contribution in [0.25, 0.3) is 0 Å². The molecule has 0 radical (unpaired) electrons. The topological polar surface area (TPSA) is 67.9 Å². The summed E-state index contributed by atoms with van der Waals surface area (Å²) in [5.74, 6) is 0.748. The fourth-order valence-electron chi connectivity index (χ4n) is 3.69. The molecule has 0 spiro atoms. The first-order valence-electron chi connectivity index (χ1n) is 9.95. The minimum Gasteiger partial charge on any atom is -0.493 e. The molecule has 1 aliphatic rings. The van der Waals surface area contributed by atoms with Gasteiger partial charge in [0.1, 0.15) is 0 Å². The number of hydrogen-bond acceptors (Lipinski definition) is 4. The highest BCUT2D eigenvalue weighted by Crippen LogP contribution is 2.30. The predicted octanol–water partition coefficient (Wildman–Crippen LogP) is 3.86. The number of amides is 2. The van der Waals surface area contributed by atoms with Crippen molar-refractivity contribution in [3.8, 4) is 11.5 Å². The van der Waals surface area contributed by atoms with Crippen molar-refractivity contribution < 1.29 is 19.1 Å². The lowest BCUT2D eigenvalue weighted by molar-refractivity contribution is -0.137. The van der Waals surface area contributed by atoms with Gasteiger partial charge < -0.3 is 19.7 Å². The molecule has 6 heteroatoms. The highest BCUT2D eigenvalue weighted by molar-refractivity contribution is 5.94. The summed E-state index contributed by atoms with van der Waals surface area (Å²) in [6, 6.07) is 15.2. The number of rotatable bonds is 7. The Balaban J connectivity index is 1.63. The third-order valence-electron chi connectivity index (χ3n) is 5.21. The second-order valence-corrected chi connectivity index (χ2v) is 7.26. The Morgan fingerprint density at radius 1 is 1.07 bits per heavy atom. The number of nitrogens with zero attached hydrogens (tertiary/aromatic N) is 1. The third-order valence-corrected chi connectivity index (χ3v) is 5.21. The molecule has 2 aromatic carbocycles. The van der Waals surface area contributed by atoms with Gasteiger partial charge in [0.25, 0.3) is 0 Å². The van der Waals surface area contributed by atoms with Crippen molar-refractivity contribution in [1.82, 2.24) is 4.90 Å². The van der Waals surface area contributed by atoms with Crippen LogP contribution in [0, 0.1) is 5.92 Å². The zero-order valence-corrected chi connectivity index (χ0v) is 17.0.